The van der Waals surface area contributed by atoms with Crippen molar-refractivity contribution in [2.45, 2.75) is 4.90 Å². The van der Waals surface area contributed by atoms with Crippen molar-refractivity contribution in [3.8, 4) is 11.5 Å². The van der Waals surface area contributed by atoms with E-state index in [1.165, 1.54) is 25.3 Å². The van der Waals surface area contributed by atoms with Crippen LogP contribution in [0.5, 0.6) is 11.5 Å². The normalized spacial score (nSPS) is 11.2. The standard InChI is InChI=1S/C13H10Cl2O4S/c1-18-11-7-2-3-8-12(11)19-20(16,17)13-9(14)5-4-6-10(13)15/h2-8H,1H3. The first kappa shape index (κ1) is 15.0. The number of benzene rings is 2. The summed E-state index contributed by atoms with van der Waals surface area (Å²) >= 11 is 11.8. The van der Waals surface area contributed by atoms with Gasteiger partial charge in [0.15, 0.2) is 11.5 Å². The highest BCUT2D eigenvalue weighted by Crippen LogP contribution is 2.34. The van der Waals surface area contributed by atoms with Gasteiger partial charge >= 0.3 is 10.1 Å². The Morgan fingerprint density at radius 2 is 1.45 bits per heavy atom. The molecule has 0 aliphatic carbocycles. The smallest absolute Gasteiger partial charge is 0.342 e. The van der Waals surface area contributed by atoms with E-state index in [-0.39, 0.29) is 20.7 Å². The minimum atomic E-state index is -4.15. The SMILES string of the molecule is COc1ccccc1OS(=O)(=O)c1c(Cl)cccc1Cl. The number of rotatable bonds is 4. The predicted octanol–water partition coefficient (Wildman–Crippen LogP) is 3.77. The quantitative estimate of drug-likeness (QED) is 0.799. The molecule has 0 heterocycles. The monoisotopic (exact) mass is 332 g/mol. The molecular formula is C13H10Cl2O4S. The second-order valence-electron chi connectivity index (χ2n) is 3.74. The first-order chi connectivity index (χ1) is 9.45. The maximum Gasteiger partial charge on any atom is 0.342 e. The number of methoxy groups -OCH3 is 1. The van der Waals surface area contributed by atoms with Crippen molar-refractivity contribution in [2.24, 2.45) is 0 Å². The molecule has 0 aliphatic rings. The van der Waals surface area contributed by atoms with E-state index < -0.39 is 10.1 Å². The molecule has 0 atom stereocenters. The lowest BCUT2D eigenvalue weighted by Gasteiger charge is -2.12. The van der Waals surface area contributed by atoms with Crippen molar-refractivity contribution >= 4 is 33.3 Å². The second-order valence-corrected chi connectivity index (χ2v) is 6.04. The fourth-order valence-corrected chi connectivity index (χ4v) is 3.60. The third-order valence-corrected chi connectivity index (χ3v) is 4.63. The molecule has 106 valence electrons. The van der Waals surface area contributed by atoms with E-state index in [1.54, 1.807) is 24.3 Å². The van der Waals surface area contributed by atoms with E-state index in [9.17, 15) is 8.42 Å². The summed E-state index contributed by atoms with van der Waals surface area (Å²) in [5.74, 6) is 0.352. The zero-order chi connectivity index (χ0) is 14.8. The van der Waals surface area contributed by atoms with E-state index in [2.05, 4.69) is 0 Å². The Hall–Kier alpha value is -1.43. The lowest BCUT2D eigenvalue weighted by Crippen LogP contribution is -2.11. The third-order valence-electron chi connectivity index (χ3n) is 2.44. The summed E-state index contributed by atoms with van der Waals surface area (Å²) in [7, 11) is -2.74. The highest BCUT2D eigenvalue weighted by atomic mass is 35.5. The van der Waals surface area contributed by atoms with E-state index in [4.69, 9.17) is 32.1 Å². The zero-order valence-corrected chi connectivity index (χ0v) is 12.7. The van der Waals surface area contributed by atoms with Crippen molar-refractivity contribution in [3.63, 3.8) is 0 Å². The van der Waals surface area contributed by atoms with E-state index in [0.717, 1.165) is 0 Å². The second kappa shape index (κ2) is 5.91. The molecule has 7 heteroatoms. The maximum atomic E-state index is 12.3. The molecule has 0 fully saturated rings. The average Bonchev–Trinajstić information content (AvgIpc) is 2.38. The zero-order valence-electron chi connectivity index (χ0n) is 10.3. The Labute approximate surface area is 127 Å². The first-order valence-corrected chi connectivity index (χ1v) is 7.63. The van der Waals surface area contributed by atoms with Gasteiger partial charge in [0, 0.05) is 0 Å². The number of para-hydroxylation sites is 2. The molecule has 2 aromatic rings. The molecule has 0 saturated heterocycles. The molecule has 0 radical (unpaired) electrons. The van der Waals surface area contributed by atoms with Crippen LogP contribution in [0.25, 0.3) is 0 Å². The van der Waals surface area contributed by atoms with Gasteiger partial charge in [-0.05, 0) is 24.3 Å². The van der Waals surface area contributed by atoms with Crippen LogP contribution < -0.4 is 8.92 Å². The van der Waals surface area contributed by atoms with Crippen LogP contribution in [0.1, 0.15) is 0 Å². The number of ether oxygens (including phenoxy) is 1. The number of hydrogen-bond donors (Lipinski definition) is 0. The molecule has 0 amide bonds. The van der Waals surface area contributed by atoms with Crippen molar-refractivity contribution in [2.75, 3.05) is 7.11 Å². The Bertz CT molecular complexity index is 709. The van der Waals surface area contributed by atoms with Gasteiger partial charge in [-0.2, -0.15) is 8.42 Å². The molecule has 0 aliphatic heterocycles. The van der Waals surface area contributed by atoms with Gasteiger partial charge in [0.25, 0.3) is 0 Å². The van der Waals surface area contributed by atoms with Crippen LogP contribution in [0.3, 0.4) is 0 Å². The van der Waals surface area contributed by atoms with Crippen LogP contribution in [0.15, 0.2) is 47.4 Å². The van der Waals surface area contributed by atoms with Gasteiger partial charge in [0.05, 0.1) is 17.2 Å². The Balaban J connectivity index is 2.47. The summed E-state index contributed by atoms with van der Waals surface area (Å²) in [5, 5.41) is -0.0141. The first-order valence-electron chi connectivity index (χ1n) is 5.47. The molecule has 0 unspecified atom stereocenters. The summed E-state index contributed by atoms with van der Waals surface area (Å²) in [5.41, 5.74) is 0. The summed E-state index contributed by atoms with van der Waals surface area (Å²) in [6.45, 7) is 0. The van der Waals surface area contributed by atoms with Crippen LogP contribution in [-0.4, -0.2) is 15.5 Å². The van der Waals surface area contributed by atoms with Crippen molar-refractivity contribution in [1.29, 1.82) is 0 Å². The van der Waals surface area contributed by atoms with Gasteiger partial charge in [-0.15, -0.1) is 0 Å². The number of hydrogen-bond acceptors (Lipinski definition) is 4. The van der Waals surface area contributed by atoms with Crippen LogP contribution >= 0.6 is 23.2 Å². The minimum Gasteiger partial charge on any atom is -0.493 e. The van der Waals surface area contributed by atoms with Gasteiger partial charge in [-0.25, -0.2) is 0 Å². The van der Waals surface area contributed by atoms with Gasteiger partial charge in [0.2, 0.25) is 0 Å². The molecule has 0 spiro atoms. The highest BCUT2D eigenvalue weighted by molar-refractivity contribution is 7.87. The Morgan fingerprint density at radius 1 is 0.900 bits per heavy atom. The molecule has 0 N–H and O–H groups in total. The lowest BCUT2D eigenvalue weighted by molar-refractivity contribution is 0.390. The van der Waals surface area contributed by atoms with Crippen LogP contribution in [-0.2, 0) is 10.1 Å². The fourth-order valence-electron chi connectivity index (χ4n) is 1.57. The van der Waals surface area contributed by atoms with Crippen molar-refractivity contribution < 1.29 is 17.3 Å². The molecular weight excluding hydrogens is 323 g/mol. The molecule has 20 heavy (non-hydrogen) atoms. The maximum absolute atomic E-state index is 12.3. The Morgan fingerprint density at radius 3 is 2.00 bits per heavy atom. The van der Waals surface area contributed by atoms with Crippen LogP contribution in [0, 0.1) is 0 Å². The van der Waals surface area contributed by atoms with Gasteiger partial charge < -0.3 is 8.92 Å². The molecule has 4 nitrogen and oxygen atoms in total. The average molecular weight is 333 g/mol. The van der Waals surface area contributed by atoms with Gasteiger partial charge in [-0.1, -0.05) is 41.4 Å². The van der Waals surface area contributed by atoms with Gasteiger partial charge in [0.1, 0.15) is 4.90 Å². The summed E-state index contributed by atoms with van der Waals surface area (Å²) in [4.78, 5) is -0.269. The fraction of sp³-hybridized carbons (Fsp3) is 0.0769. The van der Waals surface area contributed by atoms with Crippen molar-refractivity contribution in [1.82, 2.24) is 0 Å². The summed E-state index contributed by atoms with van der Waals surface area (Å²) < 4.78 is 34.6. The van der Waals surface area contributed by atoms with Gasteiger partial charge in [-0.3, -0.25) is 0 Å². The largest absolute Gasteiger partial charge is 0.493 e. The third kappa shape index (κ3) is 3.00. The molecule has 0 bridgehead atoms. The molecule has 0 aromatic heterocycles. The Kier molecular flexibility index (Phi) is 4.42. The van der Waals surface area contributed by atoms with E-state index in [1.807, 2.05) is 0 Å². The predicted molar refractivity (Wildman–Crippen MR) is 77.3 cm³/mol. The van der Waals surface area contributed by atoms with Crippen LogP contribution in [0.2, 0.25) is 10.0 Å². The van der Waals surface area contributed by atoms with E-state index >= 15 is 0 Å². The topological polar surface area (TPSA) is 52.6 Å². The lowest BCUT2D eigenvalue weighted by atomic mass is 10.3. The molecule has 2 aromatic carbocycles. The van der Waals surface area contributed by atoms with Crippen molar-refractivity contribution in [3.05, 3.63) is 52.5 Å². The molecule has 2 rings (SSSR count). The summed E-state index contributed by atoms with van der Waals surface area (Å²) in [6, 6.07) is 10.8. The van der Waals surface area contributed by atoms with E-state index in [0.29, 0.717) is 5.75 Å². The number of halogens is 2. The minimum absolute atomic E-state index is 0.00704. The summed E-state index contributed by atoms with van der Waals surface area (Å²) in [6.07, 6.45) is 0. The van der Waals surface area contributed by atoms with Crippen LogP contribution in [0.4, 0.5) is 0 Å². The molecule has 0 saturated carbocycles. The highest BCUT2D eigenvalue weighted by Gasteiger charge is 2.25.